The monoisotopic (exact) mass is 166 g/mol. The van der Waals surface area contributed by atoms with Crippen molar-refractivity contribution in [2.45, 2.75) is 45.3 Å². The fraction of sp³-hybridized carbons (Fsp3) is 0.778. The highest BCUT2D eigenvalue weighted by Gasteiger charge is 2.23. The molecule has 0 aromatic carbocycles. The molecule has 0 aliphatic carbocycles. The summed E-state index contributed by atoms with van der Waals surface area (Å²) >= 11 is 0. The summed E-state index contributed by atoms with van der Waals surface area (Å²) in [4.78, 5) is 21.8. The van der Waals surface area contributed by atoms with Crippen molar-refractivity contribution in [3.8, 4) is 0 Å². The van der Waals surface area contributed by atoms with Crippen molar-refractivity contribution in [1.82, 2.24) is 0 Å². The topological polar surface area (TPSA) is 34.1 Å². The zero-order valence-corrected chi connectivity index (χ0v) is 8.02. The Morgan fingerprint density at radius 2 is 1.92 bits per heavy atom. The fourth-order valence-electron chi connectivity index (χ4n) is 0.752. The predicted octanol–water partition coefficient (Wildman–Crippen LogP) is 1.68. The van der Waals surface area contributed by atoms with E-state index in [1.807, 2.05) is 6.92 Å². The molecule has 0 spiro atoms. The van der Waals surface area contributed by atoms with Crippen LogP contribution in [0.1, 0.15) is 40.0 Å². The van der Waals surface area contributed by atoms with Crippen molar-refractivity contribution in [2.75, 3.05) is 0 Å². The van der Waals surface area contributed by atoms with Gasteiger partial charge < -0.3 is 4.79 Å². The molecule has 0 bridgehead atoms. The number of Topliss-reactive ketones (excluding diaryl/α,β-unsaturated/α-hetero) is 2. The van der Waals surface area contributed by atoms with E-state index in [1.165, 1.54) is 6.92 Å². The molecule has 3 heteroatoms. The highest BCUT2D eigenvalue weighted by Crippen LogP contribution is 2.28. The molecule has 66 valence electrons. The van der Waals surface area contributed by atoms with Gasteiger partial charge >= 0.3 is 0 Å². The molecular weight excluding hydrogens is 151 g/mol. The SMILES string of the molecule is [B][C@](C)(CCC(=O)CC)C(C)=O. The van der Waals surface area contributed by atoms with E-state index in [4.69, 9.17) is 7.85 Å². The molecule has 0 aliphatic rings. The van der Waals surface area contributed by atoms with Gasteiger partial charge in [-0.05, 0) is 18.7 Å². The Hall–Kier alpha value is -0.595. The van der Waals surface area contributed by atoms with Crippen molar-refractivity contribution in [3.63, 3.8) is 0 Å². The molecule has 0 saturated carbocycles. The third-order valence-electron chi connectivity index (χ3n) is 2.12. The zero-order chi connectivity index (χ0) is 9.78. The Labute approximate surface area is 75.1 Å². The van der Waals surface area contributed by atoms with Crippen LogP contribution in [0.15, 0.2) is 0 Å². The number of rotatable bonds is 5. The third kappa shape index (κ3) is 3.70. The molecule has 0 fully saturated rings. The lowest BCUT2D eigenvalue weighted by Crippen LogP contribution is -2.19. The van der Waals surface area contributed by atoms with Crippen LogP contribution in [0.4, 0.5) is 0 Å². The summed E-state index contributed by atoms with van der Waals surface area (Å²) < 4.78 is 0. The summed E-state index contributed by atoms with van der Waals surface area (Å²) in [6.07, 6.45) is 1.38. The zero-order valence-electron chi connectivity index (χ0n) is 8.02. The number of carbonyl (C=O) groups is 2. The van der Waals surface area contributed by atoms with E-state index in [2.05, 4.69) is 0 Å². The van der Waals surface area contributed by atoms with Gasteiger partial charge in [0.25, 0.3) is 0 Å². The Morgan fingerprint density at radius 3 is 2.25 bits per heavy atom. The summed E-state index contributed by atoms with van der Waals surface area (Å²) in [6.45, 7) is 4.93. The van der Waals surface area contributed by atoms with E-state index in [0.29, 0.717) is 19.3 Å². The number of ketones is 2. The lowest BCUT2D eigenvalue weighted by atomic mass is 9.65. The predicted molar refractivity (Wildman–Crippen MR) is 49.3 cm³/mol. The van der Waals surface area contributed by atoms with Gasteiger partial charge in [-0.25, -0.2) is 0 Å². The molecule has 0 rings (SSSR count). The molecule has 2 nitrogen and oxygen atoms in total. The molecule has 1 atom stereocenters. The molecule has 0 aromatic heterocycles. The van der Waals surface area contributed by atoms with Crippen molar-refractivity contribution in [2.24, 2.45) is 0 Å². The number of hydrogen-bond donors (Lipinski definition) is 0. The van der Waals surface area contributed by atoms with Crippen molar-refractivity contribution in [3.05, 3.63) is 0 Å². The van der Waals surface area contributed by atoms with E-state index >= 15 is 0 Å². The Bertz CT molecular complexity index is 185. The van der Waals surface area contributed by atoms with Gasteiger partial charge in [-0.15, -0.1) is 0 Å². The minimum Gasteiger partial charge on any atom is -0.300 e. The van der Waals surface area contributed by atoms with E-state index in [1.54, 1.807) is 6.92 Å². The molecule has 0 amide bonds. The maximum atomic E-state index is 10.9. The van der Waals surface area contributed by atoms with Crippen molar-refractivity contribution in [1.29, 1.82) is 0 Å². The first-order chi connectivity index (χ1) is 5.40. The van der Waals surface area contributed by atoms with Crippen LogP contribution in [0.25, 0.3) is 0 Å². The van der Waals surface area contributed by atoms with E-state index in [-0.39, 0.29) is 11.6 Å². The van der Waals surface area contributed by atoms with Crippen molar-refractivity contribution < 1.29 is 9.59 Å². The van der Waals surface area contributed by atoms with Gasteiger partial charge in [0.15, 0.2) is 0 Å². The maximum Gasteiger partial charge on any atom is 0.132 e. The average molecular weight is 166 g/mol. The second kappa shape index (κ2) is 4.44. The van der Waals surface area contributed by atoms with Crippen LogP contribution in [-0.4, -0.2) is 19.4 Å². The summed E-state index contributed by atoms with van der Waals surface area (Å²) in [5.41, 5.74) is 0. The Morgan fingerprint density at radius 1 is 1.42 bits per heavy atom. The van der Waals surface area contributed by atoms with E-state index < -0.39 is 5.31 Å². The molecule has 2 radical (unpaired) electrons. The summed E-state index contributed by atoms with van der Waals surface area (Å²) in [5, 5.41) is -0.829. The van der Waals surface area contributed by atoms with Gasteiger partial charge in [0.05, 0.1) is 7.85 Å². The van der Waals surface area contributed by atoms with Gasteiger partial charge in [0.1, 0.15) is 11.6 Å². The minimum absolute atomic E-state index is 0.0635. The molecule has 0 aromatic rings. The Balaban J connectivity index is 3.92. The maximum absolute atomic E-state index is 10.9. The molecule has 12 heavy (non-hydrogen) atoms. The summed E-state index contributed by atoms with van der Waals surface area (Å²) in [5.74, 6) is 0.0966. The molecule has 0 heterocycles. The lowest BCUT2D eigenvalue weighted by Gasteiger charge is -2.20. The Kier molecular flexibility index (Phi) is 4.22. The first kappa shape index (κ1) is 11.4. The van der Waals surface area contributed by atoms with E-state index in [9.17, 15) is 9.59 Å². The van der Waals surface area contributed by atoms with Gasteiger partial charge in [-0.1, -0.05) is 13.8 Å². The van der Waals surface area contributed by atoms with Gasteiger partial charge in [-0.3, -0.25) is 4.79 Å². The average Bonchev–Trinajstić information content (AvgIpc) is 2.00. The lowest BCUT2D eigenvalue weighted by molar-refractivity contribution is -0.121. The van der Waals surface area contributed by atoms with E-state index in [0.717, 1.165) is 0 Å². The normalized spacial score (nSPS) is 15.2. The van der Waals surface area contributed by atoms with Crippen LogP contribution in [0.3, 0.4) is 0 Å². The standard InChI is InChI=1S/C9H15BO2/c1-4-8(12)5-6-9(3,10)7(2)11/h4-6H2,1-3H3/t9-/m1/s1. The van der Waals surface area contributed by atoms with Crippen LogP contribution in [-0.2, 0) is 9.59 Å². The second-order valence-electron chi connectivity index (χ2n) is 3.37. The third-order valence-corrected chi connectivity index (χ3v) is 2.12. The fourth-order valence-corrected chi connectivity index (χ4v) is 0.752. The second-order valence-corrected chi connectivity index (χ2v) is 3.37. The molecule has 0 N–H and O–H groups in total. The molecule has 0 unspecified atom stereocenters. The van der Waals surface area contributed by atoms with Gasteiger partial charge in [0, 0.05) is 12.8 Å². The highest BCUT2D eigenvalue weighted by molar-refractivity contribution is 6.27. The van der Waals surface area contributed by atoms with Crippen LogP contribution in [0.5, 0.6) is 0 Å². The first-order valence-electron chi connectivity index (χ1n) is 4.21. The quantitative estimate of drug-likeness (QED) is 0.582. The highest BCUT2D eigenvalue weighted by atomic mass is 16.1. The number of hydrogen-bond acceptors (Lipinski definition) is 2. The van der Waals surface area contributed by atoms with Crippen LogP contribution in [0, 0.1) is 0 Å². The first-order valence-corrected chi connectivity index (χ1v) is 4.21. The molecular formula is C9H15BO2. The molecule has 0 aliphatic heterocycles. The van der Waals surface area contributed by atoms with Crippen LogP contribution < -0.4 is 0 Å². The minimum atomic E-state index is -0.829. The van der Waals surface area contributed by atoms with Gasteiger partial charge in [0.2, 0.25) is 0 Å². The smallest absolute Gasteiger partial charge is 0.132 e. The number of carbonyl (C=O) groups excluding carboxylic acids is 2. The van der Waals surface area contributed by atoms with Crippen molar-refractivity contribution >= 4 is 19.4 Å². The van der Waals surface area contributed by atoms with Crippen LogP contribution >= 0.6 is 0 Å². The van der Waals surface area contributed by atoms with Gasteiger partial charge in [-0.2, -0.15) is 0 Å². The largest absolute Gasteiger partial charge is 0.300 e. The molecule has 0 saturated heterocycles. The van der Waals surface area contributed by atoms with Crippen LogP contribution in [0.2, 0.25) is 5.31 Å². The summed E-state index contributed by atoms with van der Waals surface area (Å²) in [6, 6.07) is 0. The summed E-state index contributed by atoms with van der Waals surface area (Å²) in [7, 11) is 5.66.